The molecule has 2 aromatic rings. The molecule has 2 amide bonds. The minimum Gasteiger partial charge on any atom is -0.330 e. The smallest absolute Gasteiger partial charge is 0.330 e. The molecular formula is C17H24N4O. The fourth-order valence-electron chi connectivity index (χ4n) is 3.13. The number of carbonyl (C=O) groups excluding carboxylic acids is 1. The predicted octanol–water partition coefficient (Wildman–Crippen LogP) is 2.50. The number of nitrogens with zero attached hydrogens (tertiary/aromatic N) is 3. The predicted molar refractivity (Wildman–Crippen MR) is 89.7 cm³/mol. The molecule has 1 aromatic heterocycles. The monoisotopic (exact) mass is 300 g/mol. The van der Waals surface area contributed by atoms with Crippen LogP contribution in [0.1, 0.15) is 18.4 Å². The molecule has 22 heavy (non-hydrogen) atoms. The molecule has 0 saturated carbocycles. The third-order valence-electron chi connectivity index (χ3n) is 4.52. The zero-order chi connectivity index (χ0) is 15.7. The molecule has 1 fully saturated rings. The highest BCUT2D eigenvalue weighted by atomic mass is 16.2. The molecule has 5 heteroatoms. The Labute approximate surface area is 131 Å². The second kappa shape index (κ2) is 6.01. The second-order valence-corrected chi connectivity index (χ2v) is 6.37. The molecular weight excluding hydrogens is 276 g/mol. The first kappa shape index (κ1) is 14.9. The summed E-state index contributed by atoms with van der Waals surface area (Å²) in [5.41, 5.74) is 5.25. The number of fused-ring (bicyclic) bond motifs is 1. The van der Waals surface area contributed by atoms with Crippen molar-refractivity contribution < 1.29 is 4.79 Å². The number of nitrogens with one attached hydrogen (secondary N) is 1. The number of likely N-dealkylation sites (tertiary alicyclic amines) is 1. The average Bonchev–Trinajstić information content (AvgIpc) is 3.06. The zero-order valence-corrected chi connectivity index (χ0v) is 13.5. The highest BCUT2D eigenvalue weighted by molar-refractivity contribution is 5.86. The first-order valence-electron chi connectivity index (χ1n) is 7.83. The summed E-state index contributed by atoms with van der Waals surface area (Å²) in [5, 5.41) is 1.16. The van der Waals surface area contributed by atoms with Crippen LogP contribution in [0.4, 0.5) is 4.79 Å². The molecule has 0 bridgehead atoms. The van der Waals surface area contributed by atoms with Gasteiger partial charge in [-0.1, -0.05) is 6.07 Å². The van der Waals surface area contributed by atoms with E-state index in [1.165, 1.54) is 29.8 Å². The van der Waals surface area contributed by atoms with Crippen LogP contribution in [-0.2, 0) is 6.42 Å². The molecule has 0 aliphatic carbocycles. The van der Waals surface area contributed by atoms with Gasteiger partial charge in [-0.15, -0.1) is 0 Å². The number of benzene rings is 1. The molecule has 1 aromatic carbocycles. The third kappa shape index (κ3) is 2.95. The van der Waals surface area contributed by atoms with E-state index in [0.29, 0.717) is 6.04 Å². The van der Waals surface area contributed by atoms with Crippen molar-refractivity contribution in [3.05, 3.63) is 36.0 Å². The average molecular weight is 300 g/mol. The molecule has 5 nitrogen and oxygen atoms in total. The number of likely N-dealkylation sites (N-methyl/N-ethyl adjacent to an activating group) is 1. The molecule has 1 aliphatic heterocycles. The van der Waals surface area contributed by atoms with Crippen LogP contribution in [0.15, 0.2) is 30.5 Å². The topological polar surface area (TPSA) is 40.5 Å². The molecule has 118 valence electrons. The molecule has 1 unspecified atom stereocenters. The van der Waals surface area contributed by atoms with Crippen LogP contribution in [0.3, 0.4) is 0 Å². The van der Waals surface area contributed by atoms with Crippen molar-refractivity contribution in [2.24, 2.45) is 0 Å². The van der Waals surface area contributed by atoms with Crippen molar-refractivity contribution in [2.75, 3.05) is 33.1 Å². The molecule has 0 radical (unpaired) electrons. The van der Waals surface area contributed by atoms with Crippen LogP contribution in [-0.4, -0.2) is 54.2 Å². The van der Waals surface area contributed by atoms with E-state index >= 15 is 0 Å². The van der Waals surface area contributed by atoms with Gasteiger partial charge in [0.05, 0.1) is 5.52 Å². The summed E-state index contributed by atoms with van der Waals surface area (Å²) in [6, 6.07) is 9.08. The van der Waals surface area contributed by atoms with Crippen LogP contribution >= 0.6 is 0 Å². The quantitative estimate of drug-likeness (QED) is 0.946. The highest BCUT2D eigenvalue weighted by Gasteiger charge is 2.21. The molecule has 3 rings (SSSR count). The lowest BCUT2D eigenvalue weighted by Gasteiger charge is -2.19. The van der Waals surface area contributed by atoms with E-state index in [2.05, 4.69) is 35.6 Å². The van der Waals surface area contributed by atoms with Crippen molar-refractivity contribution in [1.82, 2.24) is 14.5 Å². The van der Waals surface area contributed by atoms with Gasteiger partial charge in [-0.2, -0.15) is 0 Å². The molecule has 1 N–H and O–H groups in total. The van der Waals surface area contributed by atoms with E-state index in [4.69, 9.17) is 0 Å². The summed E-state index contributed by atoms with van der Waals surface area (Å²) < 4.78 is 1.78. The summed E-state index contributed by atoms with van der Waals surface area (Å²) >= 11 is 0. The van der Waals surface area contributed by atoms with Gasteiger partial charge in [-0.3, -0.25) is 4.68 Å². The van der Waals surface area contributed by atoms with Crippen molar-refractivity contribution in [1.29, 1.82) is 0 Å². The second-order valence-electron chi connectivity index (χ2n) is 6.37. The van der Waals surface area contributed by atoms with E-state index in [-0.39, 0.29) is 6.03 Å². The van der Waals surface area contributed by atoms with Gasteiger partial charge in [-0.25, -0.2) is 10.2 Å². The van der Waals surface area contributed by atoms with Crippen molar-refractivity contribution >= 4 is 16.9 Å². The standard InChI is InChI=1S/C17H24N4O/c1-19(2)17(22)18-21-10-8-14-11-13(6-7-16(14)21)12-15-5-4-9-20(15)3/h6-8,10-11,15H,4-5,9,12H2,1-3H3,(H,18,22). The third-order valence-corrected chi connectivity index (χ3v) is 4.52. The fraction of sp³-hybridized carbons (Fsp3) is 0.471. The maximum absolute atomic E-state index is 11.8. The Kier molecular flexibility index (Phi) is 4.07. The Hall–Kier alpha value is -2.01. The summed E-state index contributed by atoms with van der Waals surface area (Å²) in [5.74, 6) is 0. The van der Waals surface area contributed by atoms with Gasteiger partial charge in [0.15, 0.2) is 0 Å². The van der Waals surface area contributed by atoms with Crippen molar-refractivity contribution in [2.45, 2.75) is 25.3 Å². The summed E-state index contributed by atoms with van der Waals surface area (Å²) in [6.07, 6.45) is 5.59. The van der Waals surface area contributed by atoms with E-state index in [9.17, 15) is 4.79 Å². The lowest BCUT2D eigenvalue weighted by atomic mass is 10.0. The molecule has 1 aliphatic rings. The fourth-order valence-corrected chi connectivity index (χ4v) is 3.13. The van der Waals surface area contributed by atoms with Crippen LogP contribution < -0.4 is 5.43 Å². The number of urea groups is 1. The van der Waals surface area contributed by atoms with E-state index in [0.717, 1.165) is 17.3 Å². The Morgan fingerprint density at radius 1 is 1.36 bits per heavy atom. The number of rotatable bonds is 3. The van der Waals surface area contributed by atoms with Gasteiger partial charge >= 0.3 is 6.03 Å². The Morgan fingerprint density at radius 2 is 2.18 bits per heavy atom. The van der Waals surface area contributed by atoms with Gasteiger partial charge < -0.3 is 9.80 Å². The Balaban J connectivity index is 1.78. The molecule has 2 heterocycles. The van der Waals surface area contributed by atoms with Gasteiger partial charge in [0, 0.05) is 31.7 Å². The lowest BCUT2D eigenvalue weighted by molar-refractivity contribution is 0.228. The summed E-state index contributed by atoms with van der Waals surface area (Å²) in [4.78, 5) is 15.8. The van der Waals surface area contributed by atoms with Gasteiger partial charge in [-0.05, 0) is 56.6 Å². The van der Waals surface area contributed by atoms with Crippen LogP contribution in [0.2, 0.25) is 0 Å². The normalized spacial score (nSPS) is 18.8. The van der Waals surface area contributed by atoms with Gasteiger partial charge in [0.25, 0.3) is 0 Å². The van der Waals surface area contributed by atoms with Crippen molar-refractivity contribution in [3.8, 4) is 0 Å². The van der Waals surface area contributed by atoms with E-state index in [1.54, 1.807) is 18.8 Å². The minimum atomic E-state index is -0.130. The number of carbonyl (C=O) groups is 1. The largest absolute Gasteiger partial charge is 0.335 e. The number of amides is 2. The number of hydrogen-bond donors (Lipinski definition) is 1. The van der Waals surface area contributed by atoms with Crippen molar-refractivity contribution in [3.63, 3.8) is 0 Å². The molecule has 0 spiro atoms. The first-order valence-corrected chi connectivity index (χ1v) is 7.83. The summed E-state index contributed by atoms with van der Waals surface area (Å²) in [6.45, 7) is 1.21. The number of hydrogen-bond acceptors (Lipinski definition) is 2. The van der Waals surface area contributed by atoms with Crippen LogP contribution in [0.25, 0.3) is 10.9 Å². The number of aromatic nitrogens is 1. The van der Waals surface area contributed by atoms with Gasteiger partial charge in [0.2, 0.25) is 0 Å². The molecule has 1 saturated heterocycles. The lowest BCUT2D eigenvalue weighted by Crippen LogP contribution is -2.32. The zero-order valence-electron chi connectivity index (χ0n) is 13.5. The van der Waals surface area contributed by atoms with Crippen LogP contribution in [0, 0.1) is 0 Å². The maximum atomic E-state index is 11.8. The van der Waals surface area contributed by atoms with E-state index in [1.807, 2.05) is 12.3 Å². The summed E-state index contributed by atoms with van der Waals surface area (Å²) in [7, 11) is 5.68. The van der Waals surface area contributed by atoms with Crippen LogP contribution in [0.5, 0.6) is 0 Å². The Morgan fingerprint density at radius 3 is 2.86 bits per heavy atom. The minimum absolute atomic E-state index is 0.130. The Bertz CT molecular complexity index is 676. The molecule has 1 atom stereocenters. The van der Waals surface area contributed by atoms with E-state index < -0.39 is 0 Å². The maximum Gasteiger partial charge on any atom is 0.335 e. The van der Waals surface area contributed by atoms with Gasteiger partial charge in [0.1, 0.15) is 0 Å². The SMILES string of the molecule is CN(C)C(=O)Nn1ccc2cc(CC3CCCN3C)ccc21. The highest BCUT2D eigenvalue weighted by Crippen LogP contribution is 2.22. The first-order chi connectivity index (χ1) is 10.5.